The van der Waals surface area contributed by atoms with Gasteiger partial charge in [0.05, 0.1) is 5.56 Å². The third kappa shape index (κ3) is 3.68. The number of halogens is 2. The molecule has 0 aliphatic rings. The van der Waals surface area contributed by atoms with E-state index in [4.69, 9.17) is 0 Å². The first-order valence-electron chi connectivity index (χ1n) is 5.26. The van der Waals surface area contributed by atoms with Crippen LogP contribution in [0.3, 0.4) is 0 Å². The Kier molecular flexibility index (Phi) is 5.09. The van der Waals surface area contributed by atoms with E-state index in [1.807, 2.05) is 13.8 Å². The summed E-state index contributed by atoms with van der Waals surface area (Å²) in [6, 6.07) is 4.47. The molecule has 16 heavy (non-hydrogen) atoms. The highest BCUT2D eigenvalue weighted by molar-refractivity contribution is 9.10. The molecule has 0 radical (unpaired) electrons. The quantitative estimate of drug-likeness (QED) is 0.843. The van der Waals surface area contributed by atoms with E-state index in [1.165, 1.54) is 12.1 Å². The van der Waals surface area contributed by atoms with E-state index in [9.17, 15) is 9.18 Å². The highest BCUT2D eigenvalue weighted by Crippen LogP contribution is 2.17. The highest BCUT2D eigenvalue weighted by atomic mass is 79.9. The second-order valence-corrected chi connectivity index (χ2v) is 4.63. The van der Waals surface area contributed by atoms with Crippen molar-refractivity contribution in [2.24, 2.45) is 0 Å². The molecule has 1 atom stereocenters. The Morgan fingerprint density at radius 2 is 2.25 bits per heavy atom. The lowest BCUT2D eigenvalue weighted by atomic mass is 10.0. The molecular formula is C12H15BrFNO. The van der Waals surface area contributed by atoms with E-state index in [0.29, 0.717) is 10.9 Å². The van der Waals surface area contributed by atoms with Crippen molar-refractivity contribution in [2.45, 2.75) is 26.3 Å². The lowest BCUT2D eigenvalue weighted by Crippen LogP contribution is -2.28. The number of ketones is 1. The normalized spacial score (nSPS) is 12.5. The lowest BCUT2D eigenvalue weighted by molar-refractivity contribution is 0.0968. The van der Waals surface area contributed by atoms with Gasteiger partial charge in [-0.05, 0) is 31.7 Å². The largest absolute Gasteiger partial charge is 0.314 e. The van der Waals surface area contributed by atoms with Crippen LogP contribution in [0, 0.1) is 5.82 Å². The molecule has 0 aliphatic carbocycles. The molecular weight excluding hydrogens is 273 g/mol. The summed E-state index contributed by atoms with van der Waals surface area (Å²) in [6.07, 6.45) is 0.307. The van der Waals surface area contributed by atoms with Crippen molar-refractivity contribution < 1.29 is 9.18 Å². The van der Waals surface area contributed by atoms with Gasteiger partial charge in [0.1, 0.15) is 5.82 Å². The Hall–Kier alpha value is -0.740. The standard InChI is InChI=1S/C12H15BrFNO/c1-3-15-8(2)6-12(16)10-7-9(13)4-5-11(10)14/h4-5,7-8,15H,3,6H2,1-2H3. The Labute approximate surface area is 103 Å². The van der Waals surface area contributed by atoms with Gasteiger partial charge < -0.3 is 5.32 Å². The van der Waals surface area contributed by atoms with E-state index >= 15 is 0 Å². The maximum absolute atomic E-state index is 13.4. The maximum Gasteiger partial charge on any atom is 0.167 e. The number of rotatable bonds is 5. The zero-order valence-electron chi connectivity index (χ0n) is 9.39. The minimum atomic E-state index is -0.461. The molecule has 0 heterocycles. The predicted molar refractivity (Wildman–Crippen MR) is 66.2 cm³/mol. The van der Waals surface area contributed by atoms with Crippen molar-refractivity contribution in [2.75, 3.05) is 6.54 Å². The first kappa shape index (κ1) is 13.3. The average molecular weight is 288 g/mol. The summed E-state index contributed by atoms with van der Waals surface area (Å²) >= 11 is 3.23. The Bertz CT molecular complexity index is 381. The third-order valence-electron chi connectivity index (χ3n) is 2.27. The van der Waals surface area contributed by atoms with Crippen LogP contribution in [0.1, 0.15) is 30.6 Å². The lowest BCUT2D eigenvalue weighted by Gasteiger charge is -2.11. The molecule has 1 aromatic carbocycles. The van der Waals surface area contributed by atoms with Gasteiger partial charge in [-0.25, -0.2) is 4.39 Å². The van der Waals surface area contributed by atoms with Crippen molar-refractivity contribution in [3.05, 3.63) is 34.1 Å². The summed E-state index contributed by atoms with van der Waals surface area (Å²) in [5.41, 5.74) is 0.152. The summed E-state index contributed by atoms with van der Waals surface area (Å²) in [5.74, 6) is -0.635. The molecule has 1 N–H and O–H groups in total. The van der Waals surface area contributed by atoms with E-state index in [0.717, 1.165) is 6.54 Å². The van der Waals surface area contributed by atoms with Gasteiger partial charge in [-0.15, -0.1) is 0 Å². The van der Waals surface area contributed by atoms with E-state index in [2.05, 4.69) is 21.2 Å². The third-order valence-corrected chi connectivity index (χ3v) is 2.77. The zero-order chi connectivity index (χ0) is 12.1. The van der Waals surface area contributed by atoms with Gasteiger partial charge in [0, 0.05) is 16.9 Å². The van der Waals surface area contributed by atoms with Gasteiger partial charge in [0.15, 0.2) is 5.78 Å². The van der Waals surface area contributed by atoms with Crippen LogP contribution in [0.2, 0.25) is 0 Å². The molecule has 1 unspecified atom stereocenters. The van der Waals surface area contributed by atoms with Crippen LogP contribution in [0.5, 0.6) is 0 Å². The van der Waals surface area contributed by atoms with Crippen molar-refractivity contribution in [3.63, 3.8) is 0 Å². The Morgan fingerprint density at radius 1 is 1.56 bits per heavy atom. The minimum Gasteiger partial charge on any atom is -0.314 e. The fourth-order valence-corrected chi connectivity index (χ4v) is 1.88. The minimum absolute atomic E-state index is 0.0656. The summed E-state index contributed by atoms with van der Waals surface area (Å²) in [7, 11) is 0. The van der Waals surface area contributed by atoms with Crippen LogP contribution >= 0.6 is 15.9 Å². The van der Waals surface area contributed by atoms with Gasteiger partial charge >= 0.3 is 0 Å². The predicted octanol–water partition coefficient (Wildman–Crippen LogP) is 3.16. The summed E-state index contributed by atoms with van der Waals surface area (Å²) in [4.78, 5) is 11.8. The summed E-state index contributed by atoms with van der Waals surface area (Å²) < 4.78 is 14.1. The topological polar surface area (TPSA) is 29.1 Å². The van der Waals surface area contributed by atoms with Gasteiger partial charge in [-0.2, -0.15) is 0 Å². The molecule has 0 saturated carbocycles. The fourth-order valence-electron chi connectivity index (χ4n) is 1.52. The average Bonchev–Trinajstić information content (AvgIpc) is 2.21. The second kappa shape index (κ2) is 6.11. The van der Waals surface area contributed by atoms with Gasteiger partial charge in [-0.1, -0.05) is 22.9 Å². The van der Waals surface area contributed by atoms with Crippen LogP contribution in [0.25, 0.3) is 0 Å². The van der Waals surface area contributed by atoms with Crippen molar-refractivity contribution in [3.8, 4) is 0 Å². The number of carbonyl (C=O) groups is 1. The monoisotopic (exact) mass is 287 g/mol. The Morgan fingerprint density at radius 3 is 2.88 bits per heavy atom. The van der Waals surface area contributed by atoms with Crippen LogP contribution in [0.4, 0.5) is 4.39 Å². The molecule has 1 rings (SSSR count). The van der Waals surface area contributed by atoms with Crippen molar-refractivity contribution in [1.29, 1.82) is 0 Å². The fraction of sp³-hybridized carbons (Fsp3) is 0.417. The number of hydrogen-bond donors (Lipinski definition) is 1. The highest BCUT2D eigenvalue weighted by Gasteiger charge is 2.14. The second-order valence-electron chi connectivity index (χ2n) is 3.71. The SMILES string of the molecule is CCNC(C)CC(=O)c1cc(Br)ccc1F. The molecule has 0 amide bonds. The molecule has 0 aliphatic heterocycles. The van der Waals surface area contributed by atoms with Crippen molar-refractivity contribution in [1.82, 2.24) is 5.32 Å². The molecule has 88 valence electrons. The molecule has 4 heteroatoms. The van der Waals surface area contributed by atoms with Gasteiger partial charge in [0.2, 0.25) is 0 Å². The van der Waals surface area contributed by atoms with Crippen LogP contribution < -0.4 is 5.32 Å². The Balaban J connectivity index is 2.76. The van der Waals surface area contributed by atoms with Gasteiger partial charge in [0.25, 0.3) is 0 Å². The smallest absolute Gasteiger partial charge is 0.167 e. The molecule has 1 aromatic rings. The molecule has 0 fully saturated rings. The molecule has 0 aromatic heterocycles. The first-order valence-corrected chi connectivity index (χ1v) is 6.05. The van der Waals surface area contributed by atoms with Crippen LogP contribution in [0.15, 0.2) is 22.7 Å². The number of hydrogen-bond acceptors (Lipinski definition) is 2. The molecule has 0 spiro atoms. The van der Waals surface area contributed by atoms with E-state index < -0.39 is 5.82 Å². The van der Waals surface area contributed by atoms with E-state index in [-0.39, 0.29) is 17.4 Å². The van der Waals surface area contributed by atoms with Crippen molar-refractivity contribution >= 4 is 21.7 Å². The molecule has 0 bridgehead atoms. The summed E-state index contributed by atoms with van der Waals surface area (Å²) in [5, 5.41) is 3.13. The number of benzene rings is 1. The van der Waals surface area contributed by atoms with Gasteiger partial charge in [-0.3, -0.25) is 4.79 Å². The van der Waals surface area contributed by atoms with Crippen LogP contribution in [-0.4, -0.2) is 18.4 Å². The van der Waals surface area contributed by atoms with Crippen LogP contribution in [-0.2, 0) is 0 Å². The molecule has 0 saturated heterocycles. The molecule has 2 nitrogen and oxygen atoms in total. The number of nitrogens with one attached hydrogen (secondary N) is 1. The zero-order valence-corrected chi connectivity index (χ0v) is 11.0. The van der Waals surface area contributed by atoms with E-state index in [1.54, 1.807) is 6.07 Å². The number of Topliss-reactive ketones (excluding diaryl/α,β-unsaturated/α-hetero) is 1. The first-order chi connectivity index (χ1) is 7.54. The number of carbonyl (C=O) groups excluding carboxylic acids is 1. The summed E-state index contributed by atoms with van der Waals surface area (Å²) in [6.45, 7) is 4.69. The maximum atomic E-state index is 13.4.